The summed E-state index contributed by atoms with van der Waals surface area (Å²) in [6.45, 7) is 2.04. The topological polar surface area (TPSA) is 64.0 Å². The van der Waals surface area contributed by atoms with Crippen LogP contribution in [0.15, 0.2) is 34.2 Å². The molecule has 7 heteroatoms. The first-order valence-corrected chi connectivity index (χ1v) is 14.5. The molecule has 0 saturated heterocycles. The van der Waals surface area contributed by atoms with Gasteiger partial charge in [-0.15, -0.1) is 11.3 Å². The average Bonchev–Trinajstić information content (AvgIpc) is 3.19. The number of benzene rings is 1. The minimum Gasteiger partial charge on any atom is -0.353 e. The van der Waals surface area contributed by atoms with Gasteiger partial charge in [0.15, 0.2) is 5.16 Å². The molecule has 2 aliphatic rings. The third-order valence-corrected chi connectivity index (χ3v) is 9.18. The molecule has 2 heterocycles. The van der Waals surface area contributed by atoms with Crippen molar-refractivity contribution in [2.24, 2.45) is 0 Å². The van der Waals surface area contributed by atoms with Gasteiger partial charge in [0.05, 0.1) is 16.8 Å². The Bertz CT molecular complexity index is 1220. The normalized spacial score (nSPS) is 17.2. The van der Waals surface area contributed by atoms with Gasteiger partial charge in [0, 0.05) is 10.9 Å². The third kappa shape index (κ3) is 5.10. The van der Waals surface area contributed by atoms with Crippen molar-refractivity contribution in [3.8, 4) is 5.69 Å². The summed E-state index contributed by atoms with van der Waals surface area (Å²) in [5, 5.41) is 4.63. The van der Waals surface area contributed by atoms with E-state index in [9.17, 15) is 9.59 Å². The van der Waals surface area contributed by atoms with Gasteiger partial charge in [-0.05, 0) is 63.1 Å². The third-order valence-electron chi connectivity index (χ3n) is 7.05. The number of nitrogens with zero attached hydrogens (tertiary/aromatic N) is 2. The van der Waals surface area contributed by atoms with E-state index in [4.69, 9.17) is 4.98 Å². The molecular formula is C27H33N3O2S2. The fourth-order valence-electron chi connectivity index (χ4n) is 5.20. The number of amides is 1. The van der Waals surface area contributed by atoms with E-state index in [-0.39, 0.29) is 23.3 Å². The number of fused-ring (bicyclic) bond motifs is 3. The first kappa shape index (κ1) is 23.6. The van der Waals surface area contributed by atoms with Gasteiger partial charge >= 0.3 is 0 Å². The average molecular weight is 496 g/mol. The molecule has 1 N–H and O–H groups in total. The van der Waals surface area contributed by atoms with E-state index in [0.717, 1.165) is 53.6 Å². The minimum absolute atomic E-state index is 0.00354. The van der Waals surface area contributed by atoms with Gasteiger partial charge in [0.25, 0.3) is 5.56 Å². The number of hydrogen-bond donors (Lipinski definition) is 1. The summed E-state index contributed by atoms with van der Waals surface area (Å²) >= 11 is 3.04. The van der Waals surface area contributed by atoms with Gasteiger partial charge in [0.2, 0.25) is 5.91 Å². The molecule has 2 aliphatic carbocycles. The summed E-state index contributed by atoms with van der Waals surface area (Å²) in [6.07, 6.45) is 12.6. The largest absolute Gasteiger partial charge is 0.353 e. The molecule has 0 unspecified atom stereocenters. The van der Waals surface area contributed by atoms with E-state index in [1.54, 1.807) is 15.9 Å². The Kier molecular flexibility index (Phi) is 7.40. The number of aryl methyl sites for hydroxylation is 3. The van der Waals surface area contributed by atoms with Crippen LogP contribution in [0.1, 0.15) is 73.8 Å². The predicted molar refractivity (Wildman–Crippen MR) is 142 cm³/mol. The minimum atomic E-state index is -0.00354. The Morgan fingerprint density at radius 1 is 1.06 bits per heavy atom. The molecule has 34 heavy (non-hydrogen) atoms. The van der Waals surface area contributed by atoms with Crippen molar-refractivity contribution in [3.05, 3.63) is 50.6 Å². The monoisotopic (exact) mass is 495 g/mol. The van der Waals surface area contributed by atoms with Crippen LogP contribution in [-0.4, -0.2) is 27.3 Å². The van der Waals surface area contributed by atoms with Gasteiger partial charge in [-0.2, -0.15) is 0 Å². The number of nitrogens with one attached hydrogen (secondary N) is 1. The highest BCUT2D eigenvalue weighted by Gasteiger charge is 2.23. The molecule has 0 atom stereocenters. The molecule has 0 bridgehead atoms. The standard InChI is InChI=1S/C27H33N3O2S2/c1-18-13-15-20(16-14-18)30-26(32)24-21-11-7-8-12-22(21)34-25(24)29-27(30)33-17-23(31)28-19-9-5-3-2-4-6-10-19/h13-16,19H,2-12,17H2,1H3,(H,28,31). The first-order valence-electron chi connectivity index (χ1n) is 12.7. The first-order chi connectivity index (χ1) is 16.6. The van der Waals surface area contributed by atoms with Crippen molar-refractivity contribution in [1.82, 2.24) is 14.9 Å². The fraction of sp³-hybridized carbons (Fsp3) is 0.519. The molecule has 5 nitrogen and oxygen atoms in total. The van der Waals surface area contributed by atoms with Crippen molar-refractivity contribution in [2.45, 2.75) is 88.8 Å². The van der Waals surface area contributed by atoms with Crippen molar-refractivity contribution in [1.29, 1.82) is 0 Å². The van der Waals surface area contributed by atoms with E-state index < -0.39 is 0 Å². The second-order valence-corrected chi connectivity index (χ2v) is 11.7. The molecule has 1 aromatic carbocycles. The highest BCUT2D eigenvalue weighted by Crippen LogP contribution is 2.35. The number of rotatable bonds is 5. The lowest BCUT2D eigenvalue weighted by Crippen LogP contribution is -2.36. The highest BCUT2D eigenvalue weighted by atomic mass is 32.2. The molecular weight excluding hydrogens is 462 g/mol. The van der Waals surface area contributed by atoms with Gasteiger partial charge in [-0.1, -0.05) is 61.6 Å². The summed E-state index contributed by atoms with van der Waals surface area (Å²) < 4.78 is 1.72. The van der Waals surface area contributed by atoms with Crippen LogP contribution in [0.25, 0.3) is 15.9 Å². The molecule has 1 amide bonds. The molecule has 1 saturated carbocycles. The zero-order valence-corrected chi connectivity index (χ0v) is 21.5. The predicted octanol–water partition coefficient (Wildman–Crippen LogP) is 5.96. The van der Waals surface area contributed by atoms with Crippen LogP contribution in [0.2, 0.25) is 0 Å². The van der Waals surface area contributed by atoms with Gasteiger partial charge in [0.1, 0.15) is 4.83 Å². The van der Waals surface area contributed by atoms with Gasteiger partial charge in [-0.3, -0.25) is 14.2 Å². The van der Waals surface area contributed by atoms with Crippen molar-refractivity contribution in [2.75, 3.05) is 5.75 Å². The summed E-state index contributed by atoms with van der Waals surface area (Å²) in [6, 6.07) is 8.26. The van der Waals surface area contributed by atoms with Crippen LogP contribution in [0.3, 0.4) is 0 Å². The lowest BCUT2D eigenvalue weighted by atomic mass is 9.97. The van der Waals surface area contributed by atoms with Crippen molar-refractivity contribution >= 4 is 39.2 Å². The number of carbonyl (C=O) groups is 1. The molecule has 0 aliphatic heterocycles. The van der Waals surface area contributed by atoms with E-state index in [1.807, 2.05) is 31.2 Å². The molecule has 180 valence electrons. The number of thiophene rings is 1. The molecule has 0 radical (unpaired) electrons. The van der Waals surface area contributed by atoms with Gasteiger partial charge < -0.3 is 5.32 Å². The summed E-state index contributed by atoms with van der Waals surface area (Å²) in [5.41, 5.74) is 3.15. The Labute approximate surface area is 209 Å². The highest BCUT2D eigenvalue weighted by molar-refractivity contribution is 7.99. The molecule has 0 spiro atoms. The number of carbonyl (C=O) groups excluding carboxylic acids is 1. The number of thioether (sulfide) groups is 1. The van der Waals surface area contributed by atoms with E-state index in [0.29, 0.717) is 5.16 Å². The van der Waals surface area contributed by atoms with E-state index in [2.05, 4.69) is 5.32 Å². The maximum atomic E-state index is 13.8. The van der Waals surface area contributed by atoms with Crippen molar-refractivity contribution in [3.63, 3.8) is 0 Å². The number of hydrogen-bond acceptors (Lipinski definition) is 5. The van der Waals surface area contributed by atoms with E-state index in [1.165, 1.54) is 60.7 Å². The van der Waals surface area contributed by atoms with E-state index >= 15 is 0 Å². The van der Waals surface area contributed by atoms with Gasteiger partial charge in [-0.25, -0.2) is 4.98 Å². The molecule has 3 aromatic rings. The quantitative estimate of drug-likeness (QED) is 0.351. The lowest BCUT2D eigenvalue weighted by molar-refractivity contribution is -0.119. The second kappa shape index (κ2) is 10.6. The molecule has 5 rings (SSSR count). The Hall–Kier alpha value is -2.12. The summed E-state index contributed by atoms with van der Waals surface area (Å²) in [5.74, 6) is 0.302. The van der Waals surface area contributed by atoms with Crippen LogP contribution < -0.4 is 10.9 Å². The van der Waals surface area contributed by atoms with Crippen LogP contribution in [-0.2, 0) is 17.6 Å². The number of aromatic nitrogens is 2. The lowest BCUT2D eigenvalue weighted by Gasteiger charge is -2.21. The smallest absolute Gasteiger partial charge is 0.267 e. The van der Waals surface area contributed by atoms with Crippen LogP contribution in [0.4, 0.5) is 0 Å². The maximum absolute atomic E-state index is 13.8. The molecule has 1 fully saturated rings. The fourth-order valence-corrected chi connectivity index (χ4v) is 7.33. The second-order valence-electron chi connectivity index (χ2n) is 9.66. The zero-order valence-electron chi connectivity index (χ0n) is 19.9. The van der Waals surface area contributed by atoms with Crippen LogP contribution in [0.5, 0.6) is 0 Å². The molecule has 2 aromatic heterocycles. The Morgan fingerprint density at radius 3 is 2.53 bits per heavy atom. The van der Waals surface area contributed by atoms with Crippen LogP contribution in [0, 0.1) is 6.92 Å². The maximum Gasteiger partial charge on any atom is 0.267 e. The zero-order chi connectivity index (χ0) is 23.5. The Morgan fingerprint density at radius 2 is 1.76 bits per heavy atom. The Balaban J connectivity index is 1.44. The summed E-state index contributed by atoms with van der Waals surface area (Å²) in [7, 11) is 0. The van der Waals surface area contributed by atoms with Crippen LogP contribution >= 0.6 is 23.1 Å². The summed E-state index contributed by atoms with van der Waals surface area (Å²) in [4.78, 5) is 33.7. The van der Waals surface area contributed by atoms with Crippen molar-refractivity contribution < 1.29 is 4.79 Å². The SMILES string of the molecule is Cc1ccc(-n2c(SCC(=O)NC3CCCCCCC3)nc3sc4c(c3c2=O)CCCC4)cc1.